The van der Waals surface area contributed by atoms with Crippen molar-refractivity contribution in [3.63, 3.8) is 0 Å². The molecule has 0 spiro atoms. The molecule has 0 aliphatic heterocycles. The first-order valence-electron chi connectivity index (χ1n) is 8.13. The van der Waals surface area contributed by atoms with Gasteiger partial charge in [-0.25, -0.2) is 4.79 Å². The van der Waals surface area contributed by atoms with Gasteiger partial charge in [-0.2, -0.15) is 15.0 Å². The highest BCUT2D eigenvalue weighted by Gasteiger charge is 2.18. The number of thiophene rings is 1. The highest BCUT2D eigenvalue weighted by Crippen LogP contribution is 2.28. The number of amides is 1. The molecule has 0 radical (unpaired) electrons. The summed E-state index contributed by atoms with van der Waals surface area (Å²) in [7, 11) is 3.52. The van der Waals surface area contributed by atoms with E-state index in [-0.39, 0.29) is 24.1 Å². The number of nitrogen functional groups attached to an aromatic ring is 1. The number of anilines is 3. The smallest absolute Gasteiger partial charge is 0.349 e. The van der Waals surface area contributed by atoms with E-state index in [1.54, 1.807) is 44.1 Å². The van der Waals surface area contributed by atoms with Gasteiger partial charge in [0.05, 0.1) is 11.3 Å². The van der Waals surface area contributed by atoms with Crippen molar-refractivity contribution in [1.82, 2.24) is 15.0 Å². The van der Waals surface area contributed by atoms with Gasteiger partial charge in [0, 0.05) is 14.1 Å². The number of carbonyl (C=O) groups excluding carboxylic acids is 2. The zero-order chi connectivity index (χ0) is 20.3. The van der Waals surface area contributed by atoms with E-state index in [4.69, 9.17) is 14.9 Å². The van der Waals surface area contributed by atoms with Crippen molar-refractivity contribution in [3.8, 4) is 0 Å². The molecule has 0 fully saturated rings. The number of nitrogens with zero attached hydrogens (tertiary/aromatic N) is 4. The third-order valence-electron chi connectivity index (χ3n) is 3.50. The van der Waals surface area contributed by atoms with Gasteiger partial charge in [0.25, 0.3) is 5.91 Å². The van der Waals surface area contributed by atoms with Gasteiger partial charge < -0.3 is 25.1 Å². The second kappa shape index (κ2) is 8.05. The van der Waals surface area contributed by atoms with E-state index in [0.29, 0.717) is 21.4 Å². The van der Waals surface area contributed by atoms with Gasteiger partial charge in [0.15, 0.2) is 18.2 Å². The number of carbonyl (C=O) groups is 2. The number of esters is 1. The summed E-state index contributed by atoms with van der Waals surface area (Å²) in [6.45, 7) is 1.60. The van der Waals surface area contributed by atoms with E-state index < -0.39 is 11.9 Å². The van der Waals surface area contributed by atoms with Crippen LogP contribution in [-0.4, -0.2) is 40.9 Å². The molecule has 3 aromatic heterocycles. The molecule has 0 saturated heterocycles. The molecule has 0 unspecified atom stereocenters. The second-order valence-electron chi connectivity index (χ2n) is 5.93. The van der Waals surface area contributed by atoms with Crippen LogP contribution in [0.25, 0.3) is 0 Å². The molecule has 0 aliphatic carbocycles. The summed E-state index contributed by atoms with van der Waals surface area (Å²) in [6, 6.07) is 4.85. The molecular formula is C17H18N6O4S. The summed E-state index contributed by atoms with van der Waals surface area (Å²) in [4.78, 5) is 38.6. The Kier molecular flexibility index (Phi) is 5.54. The van der Waals surface area contributed by atoms with E-state index >= 15 is 0 Å². The standard InChI is InChI=1S/C17H18N6O4S/c1-9-7-12(21-14(24)10-5-4-6-26-10)28-13(9)15(25)27-8-11-19-16(18)22-17(20-11)23(2)3/h4-7H,8H2,1-3H3,(H,21,24)(H2,18,19,20,22). The van der Waals surface area contributed by atoms with Gasteiger partial charge in [0.2, 0.25) is 11.9 Å². The third-order valence-corrected chi connectivity index (χ3v) is 4.64. The van der Waals surface area contributed by atoms with E-state index in [9.17, 15) is 9.59 Å². The van der Waals surface area contributed by atoms with Crippen molar-refractivity contribution < 1.29 is 18.7 Å². The van der Waals surface area contributed by atoms with Gasteiger partial charge in [-0.05, 0) is 30.7 Å². The van der Waals surface area contributed by atoms with Crippen molar-refractivity contribution in [2.75, 3.05) is 30.0 Å². The minimum absolute atomic E-state index is 0.0416. The van der Waals surface area contributed by atoms with Crippen LogP contribution in [0.1, 0.15) is 31.6 Å². The predicted octanol–water partition coefficient (Wildman–Crippen LogP) is 2.09. The van der Waals surface area contributed by atoms with E-state index in [1.807, 2.05) is 0 Å². The van der Waals surface area contributed by atoms with Crippen LogP contribution in [0.3, 0.4) is 0 Å². The van der Waals surface area contributed by atoms with Crippen LogP contribution < -0.4 is 16.0 Å². The number of hydrogen-bond donors (Lipinski definition) is 2. The first kappa shape index (κ1) is 19.3. The maximum atomic E-state index is 12.4. The van der Waals surface area contributed by atoms with Crippen molar-refractivity contribution in [2.24, 2.45) is 0 Å². The number of rotatable bonds is 6. The summed E-state index contributed by atoms with van der Waals surface area (Å²) in [5, 5.41) is 3.19. The molecule has 0 saturated carbocycles. The zero-order valence-electron chi connectivity index (χ0n) is 15.4. The number of hydrogen-bond acceptors (Lipinski definition) is 10. The van der Waals surface area contributed by atoms with Crippen LogP contribution in [0.15, 0.2) is 28.9 Å². The van der Waals surface area contributed by atoms with Crippen molar-refractivity contribution in [1.29, 1.82) is 0 Å². The first-order valence-corrected chi connectivity index (χ1v) is 8.95. The van der Waals surface area contributed by atoms with Crippen molar-refractivity contribution in [3.05, 3.63) is 46.5 Å². The Labute approximate surface area is 164 Å². The molecule has 3 rings (SSSR count). The minimum atomic E-state index is -0.550. The number of aromatic nitrogens is 3. The van der Waals surface area contributed by atoms with Crippen LogP contribution >= 0.6 is 11.3 Å². The Hall–Kier alpha value is -3.47. The number of nitrogens with one attached hydrogen (secondary N) is 1. The lowest BCUT2D eigenvalue weighted by Gasteiger charge is -2.11. The predicted molar refractivity (Wildman–Crippen MR) is 103 cm³/mol. The molecule has 3 heterocycles. The summed E-state index contributed by atoms with van der Waals surface area (Å²) < 4.78 is 10.3. The minimum Gasteiger partial charge on any atom is -0.459 e. The van der Waals surface area contributed by atoms with Crippen LogP contribution in [0, 0.1) is 6.92 Å². The SMILES string of the molecule is Cc1cc(NC(=O)c2ccco2)sc1C(=O)OCc1nc(N)nc(N(C)C)n1. The number of aryl methyl sites for hydroxylation is 1. The van der Waals surface area contributed by atoms with Crippen LogP contribution in [0.5, 0.6) is 0 Å². The number of nitrogens with two attached hydrogens (primary N) is 1. The fourth-order valence-corrected chi connectivity index (χ4v) is 3.17. The van der Waals surface area contributed by atoms with Gasteiger partial charge >= 0.3 is 5.97 Å². The molecule has 0 bridgehead atoms. The average Bonchev–Trinajstić information content (AvgIpc) is 3.29. The maximum absolute atomic E-state index is 12.4. The molecule has 3 N–H and O–H groups in total. The summed E-state index contributed by atoms with van der Waals surface area (Å²) >= 11 is 1.11. The largest absolute Gasteiger partial charge is 0.459 e. The highest BCUT2D eigenvalue weighted by atomic mass is 32.1. The number of ether oxygens (including phenoxy) is 1. The summed E-state index contributed by atoms with van der Waals surface area (Å²) in [6.07, 6.45) is 1.41. The Bertz CT molecular complexity index is 999. The van der Waals surface area contributed by atoms with Crippen LogP contribution in [0.4, 0.5) is 16.9 Å². The molecule has 11 heteroatoms. The monoisotopic (exact) mass is 402 g/mol. The third kappa shape index (κ3) is 4.43. The molecular weight excluding hydrogens is 384 g/mol. The van der Waals surface area contributed by atoms with Crippen LogP contribution in [0.2, 0.25) is 0 Å². The van der Waals surface area contributed by atoms with Gasteiger partial charge in [-0.3, -0.25) is 4.79 Å². The molecule has 146 valence electrons. The molecule has 0 aliphatic rings. The Morgan fingerprint density at radius 2 is 2.11 bits per heavy atom. The van der Waals surface area contributed by atoms with E-state index in [0.717, 1.165) is 11.3 Å². The highest BCUT2D eigenvalue weighted by molar-refractivity contribution is 7.18. The lowest BCUT2D eigenvalue weighted by molar-refractivity contribution is 0.0467. The molecule has 28 heavy (non-hydrogen) atoms. The summed E-state index contributed by atoms with van der Waals surface area (Å²) in [5.41, 5.74) is 6.33. The molecule has 10 nitrogen and oxygen atoms in total. The van der Waals surface area contributed by atoms with Gasteiger partial charge in [0.1, 0.15) is 4.88 Å². The first-order chi connectivity index (χ1) is 13.3. The van der Waals surface area contributed by atoms with Gasteiger partial charge in [-0.1, -0.05) is 0 Å². The van der Waals surface area contributed by atoms with Gasteiger partial charge in [-0.15, -0.1) is 11.3 Å². The Morgan fingerprint density at radius 3 is 2.79 bits per heavy atom. The molecule has 3 aromatic rings. The van der Waals surface area contributed by atoms with E-state index in [1.165, 1.54) is 6.26 Å². The lowest BCUT2D eigenvalue weighted by atomic mass is 10.3. The summed E-state index contributed by atoms with van der Waals surface area (Å²) in [5.74, 6) is -0.118. The topological polar surface area (TPSA) is 136 Å². The quantitative estimate of drug-likeness (QED) is 0.594. The zero-order valence-corrected chi connectivity index (χ0v) is 16.2. The van der Waals surface area contributed by atoms with Crippen LogP contribution in [-0.2, 0) is 11.3 Å². The number of furan rings is 1. The Balaban J connectivity index is 1.66. The molecule has 0 aromatic carbocycles. The Morgan fingerprint density at radius 1 is 1.32 bits per heavy atom. The normalized spacial score (nSPS) is 10.5. The molecule has 0 atom stereocenters. The van der Waals surface area contributed by atoms with Crippen molar-refractivity contribution >= 4 is 40.1 Å². The molecule has 1 amide bonds. The average molecular weight is 402 g/mol. The lowest BCUT2D eigenvalue weighted by Crippen LogP contribution is -2.17. The van der Waals surface area contributed by atoms with E-state index in [2.05, 4.69) is 20.3 Å². The maximum Gasteiger partial charge on any atom is 0.349 e. The fraction of sp³-hybridized carbons (Fsp3) is 0.235. The fourth-order valence-electron chi connectivity index (χ4n) is 2.21. The van der Waals surface area contributed by atoms with Crippen molar-refractivity contribution in [2.45, 2.75) is 13.5 Å². The second-order valence-corrected chi connectivity index (χ2v) is 6.99.